The lowest BCUT2D eigenvalue weighted by Gasteiger charge is -2.17. The third kappa shape index (κ3) is 12.6. The molecule has 6 rings (SSSR count). The summed E-state index contributed by atoms with van der Waals surface area (Å²) < 4.78 is 45.1. The number of hydrogen-bond acceptors (Lipinski definition) is 14. The molecular weight excluding hydrogens is 821 g/mol. The van der Waals surface area contributed by atoms with Gasteiger partial charge in [0.15, 0.2) is 12.2 Å². The SMILES string of the molecule is C=C(C)C(=O)OCCCCOc1ccc2cc(/C=C(\C#N)C(=O)O[C@@H]3CO[C@H]4[C@@H]3OC[C@@H]4OC(=O)/C(C#N)=C/c3ccc4cc(OCCCCOC(=O)C(C)C)ccc4c3)ccc2c1. The van der Waals surface area contributed by atoms with E-state index in [0.29, 0.717) is 73.9 Å². The van der Waals surface area contributed by atoms with E-state index in [4.69, 9.17) is 37.9 Å². The fourth-order valence-electron chi connectivity index (χ4n) is 6.90. The summed E-state index contributed by atoms with van der Waals surface area (Å²) in [6.07, 6.45) is 2.44. The first kappa shape index (κ1) is 46.5. The molecule has 0 aliphatic carbocycles. The fourth-order valence-corrected chi connectivity index (χ4v) is 6.90. The first-order valence-electron chi connectivity index (χ1n) is 21.1. The van der Waals surface area contributed by atoms with Crippen molar-refractivity contribution in [3.63, 3.8) is 0 Å². The Balaban J connectivity index is 0.972. The van der Waals surface area contributed by atoms with Crippen LogP contribution in [0.25, 0.3) is 33.7 Å². The molecule has 0 spiro atoms. The van der Waals surface area contributed by atoms with Gasteiger partial charge in [-0.1, -0.05) is 56.8 Å². The van der Waals surface area contributed by atoms with Gasteiger partial charge >= 0.3 is 23.9 Å². The van der Waals surface area contributed by atoms with E-state index in [-0.39, 0.29) is 36.2 Å². The van der Waals surface area contributed by atoms with Crippen molar-refractivity contribution in [1.82, 2.24) is 0 Å². The van der Waals surface area contributed by atoms with Crippen molar-refractivity contribution in [2.75, 3.05) is 39.6 Å². The molecule has 0 aromatic heterocycles. The maximum Gasteiger partial charge on any atom is 0.349 e. The fraction of sp³-hybridized carbons (Fsp3) is 0.360. The van der Waals surface area contributed by atoms with Crippen LogP contribution in [0.3, 0.4) is 0 Å². The third-order valence-corrected chi connectivity index (χ3v) is 10.4. The molecule has 0 bridgehead atoms. The van der Waals surface area contributed by atoms with Gasteiger partial charge in [-0.2, -0.15) is 10.5 Å². The van der Waals surface area contributed by atoms with Gasteiger partial charge in [-0.3, -0.25) is 4.79 Å². The predicted octanol–water partition coefficient (Wildman–Crippen LogP) is 7.76. The van der Waals surface area contributed by atoms with E-state index in [1.807, 2.05) is 72.8 Å². The first-order chi connectivity index (χ1) is 30.9. The number of benzene rings is 4. The molecule has 0 saturated carbocycles. The van der Waals surface area contributed by atoms with Crippen LogP contribution < -0.4 is 9.47 Å². The lowest BCUT2D eigenvalue weighted by Crippen LogP contribution is -2.36. The molecule has 2 aliphatic heterocycles. The molecule has 0 radical (unpaired) electrons. The maximum atomic E-state index is 13.2. The Morgan fingerprint density at radius 3 is 1.50 bits per heavy atom. The molecule has 2 fully saturated rings. The Labute approximate surface area is 371 Å². The second kappa shape index (κ2) is 22.4. The minimum absolute atomic E-state index is 0.0441. The van der Waals surface area contributed by atoms with Crippen LogP contribution in [-0.4, -0.2) is 87.9 Å². The van der Waals surface area contributed by atoms with Crippen LogP contribution in [0.4, 0.5) is 0 Å². The smallest absolute Gasteiger partial charge is 0.349 e. The molecule has 14 nitrogen and oxygen atoms in total. The molecule has 2 heterocycles. The summed E-state index contributed by atoms with van der Waals surface area (Å²) in [7, 11) is 0. The third-order valence-electron chi connectivity index (χ3n) is 10.4. The predicted molar refractivity (Wildman–Crippen MR) is 235 cm³/mol. The van der Waals surface area contributed by atoms with Crippen molar-refractivity contribution in [2.45, 2.75) is 70.9 Å². The molecule has 64 heavy (non-hydrogen) atoms. The number of carbonyl (C=O) groups excluding carboxylic acids is 4. The van der Waals surface area contributed by atoms with Gasteiger partial charge in [0, 0.05) is 5.57 Å². The normalized spacial score (nSPS) is 18.2. The van der Waals surface area contributed by atoms with Crippen molar-refractivity contribution in [2.24, 2.45) is 5.92 Å². The highest BCUT2D eigenvalue weighted by molar-refractivity contribution is 6.00. The number of nitriles is 2. The van der Waals surface area contributed by atoms with Crippen LogP contribution in [0.2, 0.25) is 0 Å². The summed E-state index contributed by atoms with van der Waals surface area (Å²) in [6, 6.07) is 26.0. The van der Waals surface area contributed by atoms with Crippen LogP contribution in [-0.2, 0) is 47.6 Å². The molecule has 14 heteroatoms. The number of fused-ring (bicyclic) bond motifs is 3. The Bertz CT molecular complexity index is 2530. The Morgan fingerprint density at radius 2 is 1.06 bits per heavy atom. The van der Waals surface area contributed by atoms with Crippen molar-refractivity contribution < 1.29 is 57.1 Å². The summed E-state index contributed by atoms with van der Waals surface area (Å²) in [5.74, 6) is -1.11. The molecule has 2 aliphatic rings. The van der Waals surface area contributed by atoms with Crippen LogP contribution in [0.5, 0.6) is 11.5 Å². The monoisotopic (exact) mass is 870 g/mol. The largest absolute Gasteiger partial charge is 0.494 e. The molecule has 0 N–H and O–H groups in total. The summed E-state index contributed by atoms with van der Waals surface area (Å²) in [4.78, 5) is 49.5. The number of rotatable bonds is 20. The van der Waals surface area contributed by atoms with Gasteiger partial charge in [0.25, 0.3) is 0 Å². The Kier molecular flexibility index (Phi) is 16.3. The van der Waals surface area contributed by atoms with Gasteiger partial charge in [0.05, 0.1) is 45.6 Å². The zero-order valence-corrected chi connectivity index (χ0v) is 36.0. The molecule has 4 atom stereocenters. The minimum atomic E-state index is -0.866. The number of esters is 4. The van der Waals surface area contributed by atoms with E-state index in [0.717, 1.165) is 28.0 Å². The van der Waals surface area contributed by atoms with Gasteiger partial charge in [0.2, 0.25) is 0 Å². The maximum absolute atomic E-state index is 13.2. The first-order valence-corrected chi connectivity index (χ1v) is 21.1. The number of nitrogens with zero attached hydrogens (tertiary/aromatic N) is 2. The van der Waals surface area contributed by atoms with Crippen molar-refractivity contribution >= 4 is 57.6 Å². The summed E-state index contributed by atoms with van der Waals surface area (Å²) in [5, 5.41) is 23.3. The van der Waals surface area contributed by atoms with Crippen LogP contribution in [0, 0.1) is 28.6 Å². The van der Waals surface area contributed by atoms with Gasteiger partial charge in [-0.05, 0) is 114 Å². The highest BCUT2D eigenvalue weighted by Gasteiger charge is 2.51. The van der Waals surface area contributed by atoms with E-state index in [2.05, 4.69) is 6.58 Å². The minimum Gasteiger partial charge on any atom is -0.494 e. The number of ether oxygens (including phenoxy) is 8. The lowest BCUT2D eigenvalue weighted by atomic mass is 10.0. The van der Waals surface area contributed by atoms with E-state index in [9.17, 15) is 29.7 Å². The summed E-state index contributed by atoms with van der Waals surface area (Å²) >= 11 is 0. The molecular formula is C50H50N2O12. The summed E-state index contributed by atoms with van der Waals surface area (Å²) in [6.45, 7) is 10.2. The van der Waals surface area contributed by atoms with Crippen molar-refractivity contribution in [3.05, 3.63) is 107 Å². The highest BCUT2D eigenvalue weighted by Crippen LogP contribution is 2.32. The number of hydrogen-bond donors (Lipinski definition) is 0. The number of carbonyl (C=O) groups is 4. The quantitative estimate of drug-likeness (QED) is 0.0275. The zero-order valence-electron chi connectivity index (χ0n) is 36.0. The van der Waals surface area contributed by atoms with E-state index in [1.165, 1.54) is 12.2 Å². The lowest BCUT2D eigenvalue weighted by molar-refractivity contribution is -0.150. The highest BCUT2D eigenvalue weighted by atomic mass is 16.7. The Morgan fingerprint density at radius 1 is 0.641 bits per heavy atom. The van der Waals surface area contributed by atoms with Gasteiger partial charge in [-0.25, -0.2) is 14.4 Å². The number of unbranched alkanes of at least 4 members (excludes halogenated alkanes) is 2. The average molecular weight is 871 g/mol. The second-order valence-electron chi connectivity index (χ2n) is 15.7. The van der Waals surface area contributed by atoms with Crippen molar-refractivity contribution in [3.8, 4) is 23.6 Å². The standard InChI is InChI=1S/C50H50N2O12/c1-31(2)47(53)59-19-7-5-17-57-41-15-13-35-21-33(9-11-37(35)25-41)23-39(27-51)49(55)63-43-29-61-46-44(30-62-45(43)46)64-50(56)40(28-52)24-34-10-12-38-26-42(16-14-36(38)22-34)58-18-6-8-20-60-48(54)32(3)4/h9-16,21-26,32,43-46H,1,5-8,17-20,29-30H2,2-4H3/b39-23+,40-24+/t43-,44+,45-,46-/m1/s1. The molecule has 2 saturated heterocycles. The van der Waals surface area contributed by atoms with Crippen molar-refractivity contribution in [1.29, 1.82) is 10.5 Å². The summed E-state index contributed by atoms with van der Waals surface area (Å²) in [5.41, 5.74) is 1.14. The molecule has 0 amide bonds. The van der Waals surface area contributed by atoms with Crippen LogP contribution in [0.15, 0.2) is 96.1 Å². The molecule has 4 aromatic carbocycles. The second-order valence-corrected chi connectivity index (χ2v) is 15.7. The molecule has 4 aromatic rings. The Hall–Kier alpha value is -7.00. The topological polar surface area (TPSA) is 190 Å². The van der Waals surface area contributed by atoms with E-state index < -0.39 is 42.3 Å². The van der Waals surface area contributed by atoms with Crippen LogP contribution >= 0.6 is 0 Å². The zero-order chi connectivity index (χ0) is 45.6. The average Bonchev–Trinajstić information content (AvgIpc) is 3.88. The molecule has 332 valence electrons. The van der Waals surface area contributed by atoms with E-state index in [1.54, 1.807) is 32.9 Å². The van der Waals surface area contributed by atoms with Gasteiger partial charge < -0.3 is 37.9 Å². The molecule has 0 unspecified atom stereocenters. The van der Waals surface area contributed by atoms with E-state index >= 15 is 0 Å². The van der Waals surface area contributed by atoms with Gasteiger partial charge in [0.1, 0.15) is 47.0 Å². The van der Waals surface area contributed by atoms with Crippen LogP contribution in [0.1, 0.15) is 57.6 Å². The van der Waals surface area contributed by atoms with Gasteiger partial charge in [-0.15, -0.1) is 0 Å².